The third kappa shape index (κ3) is 5.10. The van der Waals surface area contributed by atoms with Gasteiger partial charge in [0.2, 0.25) is 0 Å². The van der Waals surface area contributed by atoms with Crippen molar-refractivity contribution in [2.24, 2.45) is 0 Å². The Labute approximate surface area is 125 Å². The van der Waals surface area contributed by atoms with Gasteiger partial charge in [-0.3, -0.25) is 4.79 Å². The summed E-state index contributed by atoms with van der Waals surface area (Å²) in [6, 6.07) is 5.49. The molecule has 0 saturated heterocycles. The van der Waals surface area contributed by atoms with Crippen LogP contribution in [0.5, 0.6) is 0 Å². The fraction of sp³-hybridized carbons (Fsp3) is 0.500. The molecule has 0 saturated carbocycles. The number of hydrogen-bond acceptors (Lipinski definition) is 2. The second-order valence-corrected chi connectivity index (χ2v) is 6.23. The molecule has 2 amide bonds. The standard InChI is InChI=1S/C16H24N2O3/c1-10(2)12-8-6-7-11(3)14(12)17-15(21)18-16(4,5)9-13(19)20/h6-8,10H,9H2,1-5H3,(H,19,20)(H2,17,18,21). The van der Waals surface area contributed by atoms with Gasteiger partial charge < -0.3 is 15.7 Å². The number of aliphatic carboxylic acids is 1. The van der Waals surface area contributed by atoms with Crippen molar-refractivity contribution in [3.8, 4) is 0 Å². The topological polar surface area (TPSA) is 78.4 Å². The number of carboxylic acids is 1. The van der Waals surface area contributed by atoms with Crippen molar-refractivity contribution in [1.29, 1.82) is 0 Å². The molecule has 0 bridgehead atoms. The molecule has 0 radical (unpaired) electrons. The second-order valence-electron chi connectivity index (χ2n) is 6.23. The van der Waals surface area contributed by atoms with Crippen molar-refractivity contribution in [2.75, 3.05) is 5.32 Å². The van der Waals surface area contributed by atoms with Gasteiger partial charge in [-0.25, -0.2) is 4.79 Å². The Morgan fingerprint density at radius 3 is 2.43 bits per heavy atom. The number of urea groups is 1. The molecule has 0 unspecified atom stereocenters. The highest BCUT2D eigenvalue weighted by Crippen LogP contribution is 2.27. The van der Waals surface area contributed by atoms with Gasteiger partial charge in [-0.05, 0) is 37.8 Å². The molecule has 5 nitrogen and oxygen atoms in total. The van der Waals surface area contributed by atoms with E-state index >= 15 is 0 Å². The first-order valence-electron chi connectivity index (χ1n) is 7.03. The quantitative estimate of drug-likeness (QED) is 0.777. The van der Waals surface area contributed by atoms with Gasteiger partial charge in [0.15, 0.2) is 0 Å². The molecular weight excluding hydrogens is 268 g/mol. The first-order valence-corrected chi connectivity index (χ1v) is 7.03. The van der Waals surface area contributed by atoms with E-state index in [1.807, 2.05) is 25.1 Å². The summed E-state index contributed by atoms with van der Waals surface area (Å²) in [4.78, 5) is 22.9. The molecule has 21 heavy (non-hydrogen) atoms. The Balaban J connectivity index is 2.87. The van der Waals surface area contributed by atoms with Gasteiger partial charge in [0.25, 0.3) is 0 Å². The summed E-state index contributed by atoms with van der Waals surface area (Å²) >= 11 is 0. The Morgan fingerprint density at radius 2 is 1.90 bits per heavy atom. The van der Waals surface area contributed by atoms with Crippen molar-refractivity contribution >= 4 is 17.7 Å². The van der Waals surface area contributed by atoms with E-state index in [4.69, 9.17) is 5.11 Å². The van der Waals surface area contributed by atoms with Crippen LogP contribution in [0.1, 0.15) is 51.2 Å². The third-order valence-corrected chi connectivity index (χ3v) is 3.21. The average molecular weight is 292 g/mol. The third-order valence-electron chi connectivity index (χ3n) is 3.21. The summed E-state index contributed by atoms with van der Waals surface area (Å²) in [5.41, 5.74) is 2.01. The van der Waals surface area contributed by atoms with Crippen LogP contribution < -0.4 is 10.6 Å². The lowest BCUT2D eigenvalue weighted by Crippen LogP contribution is -2.47. The van der Waals surface area contributed by atoms with Crippen LogP contribution in [-0.2, 0) is 4.79 Å². The number of anilines is 1. The van der Waals surface area contributed by atoms with Crippen molar-refractivity contribution in [3.05, 3.63) is 29.3 Å². The molecule has 5 heteroatoms. The van der Waals surface area contributed by atoms with Crippen molar-refractivity contribution in [2.45, 2.75) is 52.5 Å². The number of hydrogen-bond donors (Lipinski definition) is 3. The van der Waals surface area contributed by atoms with E-state index in [2.05, 4.69) is 24.5 Å². The highest BCUT2D eigenvalue weighted by Gasteiger charge is 2.24. The molecule has 3 N–H and O–H groups in total. The number of amides is 2. The molecule has 0 aliphatic heterocycles. The lowest BCUT2D eigenvalue weighted by molar-refractivity contribution is -0.138. The maximum atomic E-state index is 12.1. The van der Waals surface area contributed by atoms with E-state index in [-0.39, 0.29) is 12.3 Å². The van der Waals surface area contributed by atoms with Crippen LogP contribution >= 0.6 is 0 Å². The van der Waals surface area contributed by atoms with E-state index in [0.717, 1.165) is 16.8 Å². The number of para-hydroxylation sites is 1. The van der Waals surface area contributed by atoms with Crippen LogP contribution in [0, 0.1) is 6.92 Å². The zero-order chi connectivity index (χ0) is 16.2. The minimum atomic E-state index is -0.945. The van der Waals surface area contributed by atoms with Gasteiger partial charge in [0.05, 0.1) is 6.42 Å². The van der Waals surface area contributed by atoms with Crippen LogP contribution in [0.2, 0.25) is 0 Å². The van der Waals surface area contributed by atoms with Gasteiger partial charge in [0.1, 0.15) is 0 Å². The molecule has 0 spiro atoms. The maximum absolute atomic E-state index is 12.1. The van der Waals surface area contributed by atoms with Gasteiger partial charge in [-0.15, -0.1) is 0 Å². The van der Waals surface area contributed by atoms with E-state index in [0.29, 0.717) is 0 Å². The summed E-state index contributed by atoms with van der Waals surface area (Å²) in [7, 11) is 0. The predicted octanol–water partition coefficient (Wildman–Crippen LogP) is 3.49. The lowest BCUT2D eigenvalue weighted by Gasteiger charge is -2.25. The minimum absolute atomic E-state index is 0.134. The first-order chi connectivity index (χ1) is 9.62. The summed E-state index contributed by atoms with van der Waals surface area (Å²) in [5, 5.41) is 14.4. The number of carbonyl (C=O) groups is 2. The second kappa shape index (κ2) is 6.61. The number of aryl methyl sites for hydroxylation is 1. The largest absolute Gasteiger partial charge is 0.481 e. The van der Waals surface area contributed by atoms with Crippen LogP contribution in [0.3, 0.4) is 0 Å². The molecule has 1 rings (SSSR count). The summed E-state index contributed by atoms with van der Waals surface area (Å²) in [5.74, 6) is -0.661. The number of rotatable bonds is 5. The molecular formula is C16H24N2O3. The molecule has 0 atom stereocenters. The zero-order valence-electron chi connectivity index (χ0n) is 13.3. The highest BCUT2D eigenvalue weighted by atomic mass is 16.4. The molecule has 0 fully saturated rings. The molecule has 116 valence electrons. The van der Waals surface area contributed by atoms with Crippen molar-refractivity contribution in [3.63, 3.8) is 0 Å². The van der Waals surface area contributed by atoms with Crippen LogP contribution in [-0.4, -0.2) is 22.6 Å². The van der Waals surface area contributed by atoms with Gasteiger partial charge in [0, 0.05) is 11.2 Å². The van der Waals surface area contributed by atoms with Crippen molar-refractivity contribution in [1.82, 2.24) is 5.32 Å². The van der Waals surface area contributed by atoms with Crippen LogP contribution in [0.15, 0.2) is 18.2 Å². The van der Waals surface area contributed by atoms with E-state index in [1.54, 1.807) is 13.8 Å². The number of nitrogens with one attached hydrogen (secondary N) is 2. The van der Waals surface area contributed by atoms with Crippen LogP contribution in [0.4, 0.5) is 10.5 Å². The molecule has 1 aromatic carbocycles. The Hall–Kier alpha value is -2.04. The van der Waals surface area contributed by atoms with Gasteiger partial charge in [-0.2, -0.15) is 0 Å². The molecule has 0 aliphatic rings. The van der Waals surface area contributed by atoms with Gasteiger partial charge in [-0.1, -0.05) is 32.0 Å². The number of carboxylic acid groups (broad SMARTS) is 1. The smallest absolute Gasteiger partial charge is 0.319 e. The van der Waals surface area contributed by atoms with E-state index in [1.165, 1.54) is 0 Å². The molecule has 0 aromatic heterocycles. The van der Waals surface area contributed by atoms with E-state index in [9.17, 15) is 9.59 Å². The van der Waals surface area contributed by atoms with Gasteiger partial charge >= 0.3 is 12.0 Å². The molecule has 0 heterocycles. The normalized spacial score (nSPS) is 11.3. The SMILES string of the molecule is Cc1cccc(C(C)C)c1NC(=O)NC(C)(C)CC(=O)O. The first kappa shape index (κ1) is 17.0. The highest BCUT2D eigenvalue weighted by molar-refractivity contribution is 5.92. The summed E-state index contributed by atoms with van der Waals surface area (Å²) < 4.78 is 0. The maximum Gasteiger partial charge on any atom is 0.319 e. The van der Waals surface area contributed by atoms with Crippen molar-refractivity contribution < 1.29 is 14.7 Å². The Bertz CT molecular complexity index is 536. The van der Waals surface area contributed by atoms with E-state index < -0.39 is 17.5 Å². The predicted molar refractivity (Wildman–Crippen MR) is 83.8 cm³/mol. The fourth-order valence-electron chi connectivity index (χ4n) is 2.22. The summed E-state index contributed by atoms with van der Waals surface area (Å²) in [6.45, 7) is 9.42. The lowest BCUT2D eigenvalue weighted by atomic mass is 9.98. The summed E-state index contributed by atoms with van der Waals surface area (Å²) in [6.07, 6.45) is -0.134. The molecule has 1 aromatic rings. The monoisotopic (exact) mass is 292 g/mol. The Morgan fingerprint density at radius 1 is 1.29 bits per heavy atom. The minimum Gasteiger partial charge on any atom is -0.481 e. The number of carbonyl (C=O) groups excluding carboxylic acids is 1. The zero-order valence-corrected chi connectivity index (χ0v) is 13.3. The number of benzene rings is 1. The average Bonchev–Trinajstić information content (AvgIpc) is 2.28. The molecule has 0 aliphatic carbocycles. The van der Waals surface area contributed by atoms with Crippen LogP contribution in [0.25, 0.3) is 0 Å². The fourth-order valence-corrected chi connectivity index (χ4v) is 2.22. The Kier molecular flexibility index (Phi) is 5.35.